The summed E-state index contributed by atoms with van der Waals surface area (Å²) in [5.74, 6) is 0. The largest absolute Gasteiger partial charge is 0.411 e. The van der Waals surface area contributed by atoms with Gasteiger partial charge >= 0.3 is 0 Å². The molecular formula is C17H23N3Si. The predicted octanol–water partition coefficient (Wildman–Crippen LogP) is 5.97. The molecule has 2 rings (SSSR count). The Kier molecular flexibility index (Phi) is 4.58. The quantitative estimate of drug-likeness (QED) is 0.548. The first-order valence-corrected chi connectivity index (χ1v) is 10.7. The zero-order valence-corrected chi connectivity index (χ0v) is 14.4. The third kappa shape index (κ3) is 4.53. The molecule has 2 aromatic carbocycles. The maximum atomic E-state index is 4.34. The van der Waals surface area contributed by atoms with Crippen molar-refractivity contribution in [3.05, 3.63) is 53.6 Å². The van der Waals surface area contributed by atoms with Gasteiger partial charge in [0.05, 0.1) is 11.4 Å². The molecule has 3 nitrogen and oxygen atoms in total. The summed E-state index contributed by atoms with van der Waals surface area (Å²) in [4.78, 5) is 3.63. The highest BCUT2D eigenvalue weighted by Crippen LogP contribution is 2.26. The monoisotopic (exact) mass is 297 g/mol. The lowest BCUT2D eigenvalue weighted by molar-refractivity contribution is 1.20. The Hall–Kier alpha value is -1.94. The topological polar surface area (TPSA) is 36.8 Å². The molecule has 2 aromatic rings. The smallest absolute Gasteiger partial charge is 0.144 e. The van der Waals surface area contributed by atoms with Gasteiger partial charge in [-0.1, -0.05) is 37.8 Å². The highest BCUT2D eigenvalue weighted by atomic mass is 28.3. The van der Waals surface area contributed by atoms with Gasteiger partial charge in [-0.15, -0.1) is 0 Å². The van der Waals surface area contributed by atoms with E-state index < -0.39 is 8.24 Å². The maximum absolute atomic E-state index is 4.34. The SMILES string of the molecule is Cc1ccccc1N=Nc1ccc(N[Si](C)(C)C)c(C)c1. The molecule has 0 aliphatic rings. The van der Waals surface area contributed by atoms with Gasteiger partial charge < -0.3 is 4.98 Å². The van der Waals surface area contributed by atoms with Crippen molar-refractivity contribution in [1.29, 1.82) is 0 Å². The van der Waals surface area contributed by atoms with E-state index in [4.69, 9.17) is 0 Å². The molecule has 0 fully saturated rings. The average molecular weight is 297 g/mol. The van der Waals surface area contributed by atoms with Crippen LogP contribution < -0.4 is 4.98 Å². The van der Waals surface area contributed by atoms with Crippen LogP contribution in [0.1, 0.15) is 11.1 Å². The lowest BCUT2D eigenvalue weighted by Crippen LogP contribution is -2.32. The van der Waals surface area contributed by atoms with Crippen LogP contribution in [-0.2, 0) is 0 Å². The molecule has 0 saturated carbocycles. The minimum Gasteiger partial charge on any atom is -0.411 e. The Labute approximate surface area is 128 Å². The van der Waals surface area contributed by atoms with E-state index in [2.05, 4.69) is 53.9 Å². The van der Waals surface area contributed by atoms with Crippen molar-refractivity contribution in [1.82, 2.24) is 0 Å². The molecule has 0 aliphatic carbocycles. The van der Waals surface area contributed by atoms with Crippen molar-refractivity contribution < 1.29 is 0 Å². The van der Waals surface area contributed by atoms with Crippen LogP contribution in [0.4, 0.5) is 17.1 Å². The maximum Gasteiger partial charge on any atom is 0.144 e. The Balaban J connectivity index is 2.19. The van der Waals surface area contributed by atoms with E-state index in [1.165, 1.54) is 11.3 Å². The second-order valence-corrected chi connectivity index (χ2v) is 11.1. The first-order valence-electron chi connectivity index (χ1n) is 7.21. The molecule has 0 unspecified atom stereocenters. The standard InChI is InChI=1S/C17H23N3Si/c1-13-8-6-7-9-16(13)19-18-15-10-11-17(14(2)12-15)20-21(3,4)5/h6-12,20H,1-5H3. The van der Waals surface area contributed by atoms with Gasteiger partial charge in [-0.05, 0) is 49.2 Å². The molecule has 0 aliphatic heterocycles. The molecule has 110 valence electrons. The summed E-state index contributed by atoms with van der Waals surface area (Å²) in [5, 5.41) is 8.68. The summed E-state index contributed by atoms with van der Waals surface area (Å²) in [6.07, 6.45) is 0. The van der Waals surface area contributed by atoms with E-state index >= 15 is 0 Å². The van der Waals surface area contributed by atoms with E-state index in [1.54, 1.807) is 0 Å². The second kappa shape index (κ2) is 6.22. The normalized spacial score (nSPS) is 11.9. The van der Waals surface area contributed by atoms with E-state index in [0.717, 1.165) is 16.9 Å². The van der Waals surface area contributed by atoms with Crippen LogP contribution >= 0.6 is 0 Å². The van der Waals surface area contributed by atoms with Crippen molar-refractivity contribution in [2.24, 2.45) is 10.2 Å². The number of hydrogen-bond donors (Lipinski definition) is 1. The predicted molar refractivity (Wildman–Crippen MR) is 93.5 cm³/mol. The van der Waals surface area contributed by atoms with Gasteiger partial charge in [-0.3, -0.25) is 0 Å². The lowest BCUT2D eigenvalue weighted by atomic mass is 10.2. The van der Waals surface area contributed by atoms with Gasteiger partial charge in [0.15, 0.2) is 0 Å². The molecule has 4 heteroatoms. The number of nitrogens with zero attached hydrogens (tertiary/aromatic N) is 2. The zero-order chi connectivity index (χ0) is 15.5. The summed E-state index contributed by atoms with van der Waals surface area (Å²) < 4.78 is 0. The van der Waals surface area contributed by atoms with Gasteiger partial charge in [0.25, 0.3) is 0 Å². The fraction of sp³-hybridized carbons (Fsp3) is 0.294. The van der Waals surface area contributed by atoms with Gasteiger partial charge in [0.1, 0.15) is 8.24 Å². The second-order valence-electron chi connectivity index (χ2n) is 6.36. The van der Waals surface area contributed by atoms with Gasteiger partial charge in [-0.25, -0.2) is 0 Å². The molecule has 0 aromatic heterocycles. The third-order valence-electron chi connectivity index (χ3n) is 3.11. The molecule has 0 heterocycles. The van der Waals surface area contributed by atoms with E-state index in [1.807, 2.05) is 37.3 Å². The van der Waals surface area contributed by atoms with Crippen molar-refractivity contribution in [3.8, 4) is 0 Å². The number of anilines is 1. The average Bonchev–Trinajstić information content (AvgIpc) is 2.39. The Bertz CT molecular complexity index is 657. The summed E-state index contributed by atoms with van der Waals surface area (Å²) in [6, 6.07) is 14.2. The van der Waals surface area contributed by atoms with Crippen LogP contribution in [0.3, 0.4) is 0 Å². The highest BCUT2D eigenvalue weighted by Gasteiger charge is 2.13. The van der Waals surface area contributed by atoms with Gasteiger partial charge in [0, 0.05) is 5.69 Å². The number of benzene rings is 2. The van der Waals surface area contributed by atoms with E-state index in [9.17, 15) is 0 Å². The first kappa shape index (κ1) is 15.4. The van der Waals surface area contributed by atoms with E-state index in [0.29, 0.717) is 0 Å². The highest BCUT2D eigenvalue weighted by molar-refractivity contribution is 6.79. The number of nitrogens with one attached hydrogen (secondary N) is 1. The molecule has 0 atom stereocenters. The zero-order valence-electron chi connectivity index (χ0n) is 13.4. The number of hydrogen-bond acceptors (Lipinski definition) is 3. The fourth-order valence-corrected chi connectivity index (χ4v) is 3.13. The number of azo groups is 1. The minimum atomic E-state index is -1.33. The fourth-order valence-electron chi connectivity index (χ4n) is 2.04. The molecule has 0 radical (unpaired) electrons. The van der Waals surface area contributed by atoms with Crippen molar-refractivity contribution in [3.63, 3.8) is 0 Å². The van der Waals surface area contributed by atoms with Crippen molar-refractivity contribution >= 4 is 25.3 Å². The van der Waals surface area contributed by atoms with Crippen LogP contribution in [-0.4, -0.2) is 8.24 Å². The summed E-state index contributed by atoms with van der Waals surface area (Å²) in [6.45, 7) is 11.0. The minimum absolute atomic E-state index is 0.886. The van der Waals surface area contributed by atoms with E-state index in [-0.39, 0.29) is 0 Å². The number of rotatable bonds is 4. The van der Waals surface area contributed by atoms with Crippen LogP contribution in [0.25, 0.3) is 0 Å². The van der Waals surface area contributed by atoms with Crippen molar-refractivity contribution in [2.45, 2.75) is 33.5 Å². The third-order valence-corrected chi connectivity index (χ3v) is 4.13. The van der Waals surface area contributed by atoms with Gasteiger partial charge in [0.2, 0.25) is 0 Å². The molecule has 0 spiro atoms. The lowest BCUT2D eigenvalue weighted by Gasteiger charge is -2.21. The summed E-state index contributed by atoms with van der Waals surface area (Å²) in [7, 11) is -1.33. The van der Waals surface area contributed by atoms with Crippen LogP contribution in [0.5, 0.6) is 0 Å². The molecular weight excluding hydrogens is 274 g/mol. The molecule has 0 amide bonds. The molecule has 0 saturated heterocycles. The molecule has 1 N–H and O–H groups in total. The van der Waals surface area contributed by atoms with Crippen LogP contribution in [0, 0.1) is 13.8 Å². The van der Waals surface area contributed by atoms with Crippen molar-refractivity contribution in [2.75, 3.05) is 4.98 Å². The van der Waals surface area contributed by atoms with Gasteiger partial charge in [-0.2, -0.15) is 10.2 Å². The molecule has 21 heavy (non-hydrogen) atoms. The Morgan fingerprint density at radius 2 is 1.57 bits per heavy atom. The van der Waals surface area contributed by atoms with Crippen LogP contribution in [0.2, 0.25) is 19.6 Å². The summed E-state index contributed by atoms with van der Waals surface area (Å²) in [5.41, 5.74) is 5.34. The summed E-state index contributed by atoms with van der Waals surface area (Å²) >= 11 is 0. The van der Waals surface area contributed by atoms with Crippen LogP contribution in [0.15, 0.2) is 52.7 Å². The Morgan fingerprint density at radius 3 is 2.19 bits per heavy atom. The molecule has 0 bridgehead atoms. The first-order chi connectivity index (χ1) is 9.85. The number of aryl methyl sites for hydroxylation is 2. The Morgan fingerprint density at radius 1 is 0.857 bits per heavy atom.